The second-order valence-corrected chi connectivity index (χ2v) is 5.66. The van der Waals surface area contributed by atoms with Gasteiger partial charge in [0.15, 0.2) is 0 Å². The molecule has 1 heterocycles. The van der Waals surface area contributed by atoms with Crippen LogP contribution in [0.15, 0.2) is 18.5 Å². The molecule has 0 bridgehead atoms. The Bertz CT molecular complexity index is 360. The summed E-state index contributed by atoms with van der Waals surface area (Å²) in [5, 5.41) is 3.58. The van der Waals surface area contributed by atoms with Crippen LogP contribution in [0.25, 0.3) is 0 Å². The number of aryl methyl sites for hydroxylation is 1. The van der Waals surface area contributed by atoms with Gasteiger partial charge in [0.25, 0.3) is 0 Å². The first-order valence-electron chi connectivity index (χ1n) is 6.81. The van der Waals surface area contributed by atoms with Gasteiger partial charge in [-0.15, -0.1) is 0 Å². The van der Waals surface area contributed by atoms with Crippen molar-refractivity contribution < 1.29 is 0 Å². The fraction of sp³-hybridized carbons (Fsp3) is 0.667. The zero-order chi connectivity index (χ0) is 12.3. The van der Waals surface area contributed by atoms with Crippen molar-refractivity contribution in [3.63, 3.8) is 0 Å². The van der Waals surface area contributed by atoms with Gasteiger partial charge in [-0.05, 0) is 49.3 Å². The third kappa shape index (κ3) is 3.29. The largest absolute Gasteiger partial charge is 0.314 e. The molecule has 1 aromatic rings. The maximum Gasteiger partial charge on any atom is 0.0303 e. The Labute approximate surface area is 105 Å². The molecule has 2 atom stereocenters. The van der Waals surface area contributed by atoms with Crippen LogP contribution in [0.3, 0.4) is 0 Å². The van der Waals surface area contributed by atoms with Crippen molar-refractivity contribution in [3.8, 4) is 0 Å². The van der Waals surface area contributed by atoms with E-state index in [1.54, 1.807) is 0 Å². The molecule has 2 heteroatoms. The molecular weight excluding hydrogens is 208 g/mol. The van der Waals surface area contributed by atoms with Crippen molar-refractivity contribution in [2.75, 3.05) is 6.54 Å². The van der Waals surface area contributed by atoms with Crippen molar-refractivity contribution in [1.82, 2.24) is 10.3 Å². The lowest BCUT2D eigenvalue weighted by Gasteiger charge is -2.21. The van der Waals surface area contributed by atoms with Crippen molar-refractivity contribution >= 4 is 0 Å². The minimum atomic E-state index is 0.590. The Kier molecular flexibility index (Phi) is 4.16. The number of nitrogens with one attached hydrogen (secondary N) is 1. The first-order valence-corrected chi connectivity index (χ1v) is 6.81. The van der Waals surface area contributed by atoms with Gasteiger partial charge in [0, 0.05) is 18.4 Å². The first-order chi connectivity index (χ1) is 8.16. The maximum atomic E-state index is 4.34. The van der Waals surface area contributed by atoms with Gasteiger partial charge in [-0.2, -0.15) is 0 Å². The monoisotopic (exact) mass is 232 g/mol. The molecule has 1 saturated carbocycles. The Morgan fingerprint density at radius 2 is 2.18 bits per heavy atom. The highest BCUT2D eigenvalue weighted by Gasteiger charge is 2.28. The molecule has 0 radical (unpaired) electrons. The zero-order valence-electron chi connectivity index (χ0n) is 11.2. The van der Waals surface area contributed by atoms with E-state index in [1.165, 1.54) is 30.4 Å². The molecule has 0 saturated heterocycles. The van der Waals surface area contributed by atoms with Gasteiger partial charge in [0.2, 0.25) is 0 Å². The average Bonchev–Trinajstić information content (AvgIpc) is 2.74. The molecule has 94 valence electrons. The molecule has 17 heavy (non-hydrogen) atoms. The molecule has 0 aliphatic heterocycles. The second kappa shape index (κ2) is 5.63. The van der Waals surface area contributed by atoms with Gasteiger partial charge in [0.1, 0.15) is 0 Å². The van der Waals surface area contributed by atoms with E-state index in [0.29, 0.717) is 12.0 Å². The van der Waals surface area contributed by atoms with Crippen LogP contribution in [0.1, 0.15) is 50.2 Å². The van der Waals surface area contributed by atoms with E-state index in [4.69, 9.17) is 0 Å². The van der Waals surface area contributed by atoms with E-state index < -0.39 is 0 Å². The van der Waals surface area contributed by atoms with Gasteiger partial charge in [-0.3, -0.25) is 4.98 Å². The Morgan fingerprint density at radius 3 is 2.88 bits per heavy atom. The average molecular weight is 232 g/mol. The van der Waals surface area contributed by atoms with Gasteiger partial charge in [-0.25, -0.2) is 0 Å². The van der Waals surface area contributed by atoms with E-state index in [1.807, 2.05) is 6.20 Å². The second-order valence-electron chi connectivity index (χ2n) is 5.66. The summed E-state index contributed by atoms with van der Waals surface area (Å²) in [6.07, 6.45) is 8.06. The fourth-order valence-corrected chi connectivity index (χ4v) is 2.89. The highest BCUT2D eigenvalue weighted by atomic mass is 14.9. The van der Waals surface area contributed by atoms with Gasteiger partial charge >= 0.3 is 0 Å². The highest BCUT2D eigenvalue weighted by Crippen LogP contribution is 2.39. The first kappa shape index (κ1) is 12.6. The van der Waals surface area contributed by atoms with E-state index in [-0.39, 0.29) is 0 Å². The maximum absolute atomic E-state index is 4.34. The van der Waals surface area contributed by atoms with Crippen molar-refractivity contribution in [1.29, 1.82) is 0 Å². The van der Waals surface area contributed by atoms with Crippen LogP contribution in [-0.2, 0) is 0 Å². The topological polar surface area (TPSA) is 24.9 Å². The zero-order valence-corrected chi connectivity index (χ0v) is 11.2. The summed E-state index contributed by atoms with van der Waals surface area (Å²) in [6, 6.07) is 2.90. The van der Waals surface area contributed by atoms with Gasteiger partial charge < -0.3 is 5.32 Å². The molecule has 2 nitrogen and oxygen atoms in total. The van der Waals surface area contributed by atoms with Crippen molar-refractivity contribution in [3.05, 3.63) is 29.6 Å². The predicted octanol–water partition coefficient (Wildman–Crippen LogP) is 3.27. The minimum Gasteiger partial charge on any atom is -0.314 e. The van der Waals surface area contributed by atoms with Crippen molar-refractivity contribution in [2.24, 2.45) is 5.92 Å². The molecule has 1 N–H and O–H groups in total. The van der Waals surface area contributed by atoms with E-state index in [9.17, 15) is 0 Å². The summed E-state index contributed by atoms with van der Waals surface area (Å²) in [5.74, 6) is 1.51. The Hall–Kier alpha value is -0.890. The standard InChI is InChI=1S/C15H24N2/c1-11(2)17-10-13-5-4-6-15(13)14-7-12(3)8-16-9-14/h7-9,11,13,15,17H,4-6,10H2,1-3H3. The number of hydrogen-bond acceptors (Lipinski definition) is 2. The molecule has 2 rings (SSSR count). The van der Waals surface area contributed by atoms with Crippen molar-refractivity contribution in [2.45, 2.75) is 52.0 Å². The summed E-state index contributed by atoms with van der Waals surface area (Å²) in [7, 11) is 0. The minimum absolute atomic E-state index is 0.590. The SMILES string of the molecule is Cc1cncc(C2CCCC2CNC(C)C)c1. The molecule has 1 aromatic heterocycles. The van der Waals surface area contributed by atoms with Crippen LogP contribution in [0, 0.1) is 12.8 Å². The summed E-state index contributed by atoms with van der Waals surface area (Å²) in [4.78, 5) is 4.34. The molecule has 1 aliphatic carbocycles. The lowest BCUT2D eigenvalue weighted by atomic mass is 9.89. The molecule has 2 unspecified atom stereocenters. The van der Waals surface area contributed by atoms with E-state index >= 15 is 0 Å². The number of hydrogen-bond donors (Lipinski definition) is 1. The predicted molar refractivity (Wildman–Crippen MR) is 72.2 cm³/mol. The quantitative estimate of drug-likeness (QED) is 0.862. The third-order valence-electron chi connectivity index (χ3n) is 3.77. The van der Waals surface area contributed by atoms with Crippen LogP contribution < -0.4 is 5.32 Å². The molecule has 1 fully saturated rings. The van der Waals surface area contributed by atoms with E-state index in [2.05, 4.69) is 43.3 Å². The lowest BCUT2D eigenvalue weighted by Crippen LogP contribution is -2.30. The van der Waals surface area contributed by atoms with E-state index in [0.717, 1.165) is 12.5 Å². The summed E-state index contributed by atoms with van der Waals surface area (Å²) in [5.41, 5.74) is 2.73. The van der Waals surface area contributed by atoms with Crippen LogP contribution >= 0.6 is 0 Å². The number of rotatable bonds is 4. The molecule has 0 amide bonds. The van der Waals surface area contributed by atoms with Crippen LogP contribution in [-0.4, -0.2) is 17.6 Å². The summed E-state index contributed by atoms with van der Waals surface area (Å²) >= 11 is 0. The number of pyridine rings is 1. The lowest BCUT2D eigenvalue weighted by molar-refractivity contribution is 0.422. The molecular formula is C15H24N2. The van der Waals surface area contributed by atoms with Gasteiger partial charge in [0.05, 0.1) is 0 Å². The number of aromatic nitrogens is 1. The fourth-order valence-electron chi connectivity index (χ4n) is 2.89. The summed E-state index contributed by atoms with van der Waals surface area (Å²) < 4.78 is 0. The number of nitrogens with zero attached hydrogens (tertiary/aromatic N) is 1. The molecule has 0 spiro atoms. The molecule has 1 aliphatic rings. The Morgan fingerprint density at radius 1 is 1.35 bits per heavy atom. The van der Waals surface area contributed by atoms with Crippen LogP contribution in [0.5, 0.6) is 0 Å². The smallest absolute Gasteiger partial charge is 0.0303 e. The van der Waals surface area contributed by atoms with Crippen LogP contribution in [0.4, 0.5) is 0 Å². The van der Waals surface area contributed by atoms with Gasteiger partial charge in [-0.1, -0.05) is 26.3 Å². The van der Waals surface area contributed by atoms with Crippen LogP contribution in [0.2, 0.25) is 0 Å². The highest BCUT2D eigenvalue weighted by molar-refractivity contribution is 5.22. The third-order valence-corrected chi connectivity index (χ3v) is 3.77. The summed E-state index contributed by atoms with van der Waals surface area (Å²) in [6.45, 7) is 7.72. The molecule has 0 aromatic carbocycles. The normalized spacial score (nSPS) is 24.5. The Balaban J connectivity index is 2.04.